The normalized spacial score (nSPS) is 37.7. The van der Waals surface area contributed by atoms with Crippen molar-refractivity contribution < 1.29 is 9.31 Å². The molecule has 0 amide bonds. The number of pyridine rings is 1. The van der Waals surface area contributed by atoms with E-state index in [2.05, 4.69) is 42.5 Å². The maximum absolute atomic E-state index is 10.3. The van der Waals surface area contributed by atoms with Crippen molar-refractivity contribution in [3.05, 3.63) is 23.9 Å². The van der Waals surface area contributed by atoms with Gasteiger partial charge in [0.1, 0.15) is 6.07 Å². The van der Waals surface area contributed by atoms with Crippen molar-refractivity contribution in [1.29, 1.82) is 15.8 Å². The lowest BCUT2D eigenvalue weighted by atomic mass is 9.48. The molecule has 1 aromatic rings. The summed E-state index contributed by atoms with van der Waals surface area (Å²) in [6, 6.07) is 8.34. The molecule has 4 saturated carbocycles. The second-order valence-electron chi connectivity index (χ2n) is 10.8. The van der Waals surface area contributed by atoms with Gasteiger partial charge in [0, 0.05) is 23.4 Å². The summed E-state index contributed by atoms with van der Waals surface area (Å²) in [5.41, 5.74) is 0.112. The Labute approximate surface area is 189 Å². The summed E-state index contributed by atoms with van der Waals surface area (Å²) in [6.07, 6.45) is 9.26. The molecule has 1 aliphatic heterocycles. The average Bonchev–Trinajstić information content (AvgIpc) is 3.08. The summed E-state index contributed by atoms with van der Waals surface area (Å²) in [4.78, 5) is 4.21. The van der Waals surface area contributed by atoms with Crippen molar-refractivity contribution in [2.24, 2.45) is 34.5 Å². The average molecular weight is 430 g/mol. The SMILES string of the molecule is CC1(C)C(=[N+](C#N)C2C3CC4CC2CC(C#N)(C4)C3)NCC1COc1ccc(C#N)cn1. The van der Waals surface area contributed by atoms with Crippen LogP contribution in [0.4, 0.5) is 0 Å². The van der Waals surface area contributed by atoms with Gasteiger partial charge in [-0.05, 0) is 69.8 Å². The molecule has 1 aromatic heterocycles. The van der Waals surface area contributed by atoms with Crippen LogP contribution < -0.4 is 10.1 Å². The van der Waals surface area contributed by atoms with Gasteiger partial charge in [-0.2, -0.15) is 15.1 Å². The summed E-state index contributed by atoms with van der Waals surface area (Å²) in [6.45, 7) is 5.59. The predicted molar refractivity (Wildman–Crippen MR) is 116 cm³/mol. The molecule has 6 rings (SSSR count). The third kappa shape index (κ3) is 3.21. The summed E-state index contributed by atoms with van der Waals surface area (Å²) < 4.78 is 7.91. The molecule has 4 aliphatic carbocycles. The lowest BCUT2D eigenvalue weighted by molar-refractivity contribution is -0.524. The molecule has 1 saturated heterocycles. The Kier molecular flexibility index (Phi) is 4.86. The Morgan fingerprint density at radius 1 is 1.16 bits per heavy atom. The largest absolute Gasteiger partial charge is 0.477 e. The van der Waals surface area contributed by atoms with Crippen LogP contribution in [0.25, 0.3) is 0 Å². The van der Waals surface area contributed by atoms with Gasteiger partial charge in [-0.25, -0.2) is 4.98 Å². The molecule has 0 radical (unpaired) electrons. The third-order valence-electron chi connectivity index (χ3n) is 8.55. The van der Waals surface area contributed by atoms with Gasteiger partial charge in [0.15, 0.2) is 0 Å². The van der Waals surface area contributed by atoms with Crippen molar-refractivity contribution in [2.45, 2.75) is 52.0 Å². The lowest BCUT2D eigenvalue weighted by Crippen LogP contribution is -2.58. The highest BCUT2D eigenvalue weighted by atomic mass is 16.5. The van der Waals surface area contributed by atoms with Gasteiger partial charge in [-0.3, -0.25) is 0 Å². The summed E-state index contributed by atoms with van der Waals surface area (Å²) in [5.74, 6) is 3.18. The van der Waals surface area contributed by atoms with Gasteiger partial charge in [0.25, 0.3) is 0 Å². The lowest BCUT2D eigenvalue weighted by Gasteiger charge is -2.56. The second-order valence-corrected chi connectivity index (χ2v) is 10.8. The molecule has 2 heterocycles. The molecule has 5 fully saturated rings. The Balaban J connectivity index is 1.36. The fourth-order valence-electron chi connectivity index (χ4n) is 7.10. The van der Waals surface area contributed by atoms with Crippen LogP contribution in [-0.4, -0.2) is 34.6 Å². The Hall–Kier alpha value is -3.11. The van der Waals surface area contributed by atoms with E-state index in [-0.39, 0.29) is 22.8 Å². The third-order valence-corrected chi connectivity index (χ3v) is 8.55. The highest BCUT2D eigenvalue weighted by Gasteiger charge is 2.59. The smallest absolute Gasteiger partial charge is 0.370 e. The first-order valence-electron chi connectivity index (χ1n) is 11.6. The van der Waals surface area contributed by atoms with E-state index in [1.165, 1.54) is 6.20 Å². The van der Waals surface area contributed by atoms with Gasteiger partial charge >= 0.3 is 6.19 Å². The number of aromatic nitrogens is 1. The van der Waals surface area contributed by atoms with Gasteiger partial charge in [-0.1, -0.05) is 0 Å². The van der Waals surface area contributed by atoms with Crippen LogP contribution in [0.1, 0.15) is 51.5 Å². The van der Waals surface area contributed by atoms with Gasteiger partial charge < -0.3 is 10.1 Å². The van der Waals surface area contributed by atoms with E-state index in [0.29, 0.717) is 35.8 Å². The zero-order chi connectivity index (χ0) is 22.5. The zero-order valence-corrected chi connectivity index (χ0v) is 18.7. The minimum Gasteiger partial charge on any atom is -0.477 e. The molecule has 164 valence electrons. The van der Waals surface area contributed by atoms with Crippen molar-refractivity contribution >= 4 is 5.84 Å². The highest BCUT2D eigenvalue weighted by Crippen LogP contribution is 2.60. The predicted octanol–water partition coefficient (Wildman–Crippen LogP) is 3.19. The summed E-state index contributed by atoms with van der Waals surface area (Å²) in [7, 11) is 0. The fourth-order valence-corrected chi connectivity index (χ4v) is 7.10. The Bertz CT molecular complexity index is 1050. The van der Waals surface area contributed by atoms with Crippen LogP contribution in [0, 0.1) is 68.6 Å². The number of nitriles is 3. The first-order valence-corrected chi connectivity index (χ1v) is 11.6. The Morgan fingerprint density at radius 2 is 1.91 bits per heavy atom. The van der Waals surface area contributed by atoms with Crippen molar-refractivity contribution in [1.82, 2.24) is 10.3 Å². The summed E-state index contributed by atoms with van der Waals surface area (Å²) in [5, 5.41) is 32.6. The fraction of sp³-hybridized carbons (Fsp3) is 0.640. The molecule has 3 atom stereocenters. The van der Waals surface area contributed by atoms with Crippen LogP contribution in [0.2, 0.25) is 0 Å². The van der Waals surface area contributed by atoms with E-state index in [1.807, 2.05) is 4.58 Å². The monoisotopic (exact) mass is 429 g/mol. The maximum atomic E-state index is 10.3. The number of nitrogens with zero attached hydrogens (tertiary/aromatic N) is 5. The summed E-state index contributed by atoms with van der Waals surface area (Å²) >= 11 is 0. The van der Waals surface area contributed by atoms with E-state index >= 15 is 0 Å². The molecule has 1 N–H and O–H groups in total. The van der Waals surface area contributed by atoms with E-state index in [9.17, 15) is 10.5 Å². The van der Waals surface area contributed by atoms with Gasteiger partial charge in [0.2, 0.25) is 11.7 Å². The highest BCUT2D eigenvalue weighted by molar-refractivity contribution is 5.86. The first kappa shape index (κ1) is 20.8. The van der Waals surface area contributed by atoms with Crippen LogP contribution in [0.5, 0.6) is 5.88 Å². The number of hydrogen-bond acceptors (Lipinski definition) is 5. The van der Waals surface area contributed by atoms with Crippen molar-refractivity contribution in [3.63, 3.8) is 0 Å². The van der Waals surface area contributed by atoms with Crippen molar-refractivity contribution in [2.75, 3.05) is 13.2 Å². The van der Waals surface area contributed by atoms with E-state index in [4.69, 9.17) is 10.00 Å². The molecule has 7 heteroatoms. The number of hydrogen-bond donors (Lipinski definition) is 1. The minimum absolute atomic E-state index is 0.151. The maximum Gasteiger partial charge on any atom is 0.370 e. The number of amidine groups is 1. The van der Waals surface area contributed by atoms with Gasteiger partial charge in [0.05, 0.1) is 41.7 Å². The van der Waals surface area contributed by atoms with Crippen LogP contribution >= 0.6 is 0 Å². The molecule has 32 heavy (non-hydrogen) atoms. The molecule has 4 bridgehead atoms. The van der Waals surface area contributed by atoms with E-state index in [1.54, 1.807) is 12.1 Å². The molecular formula is C25H29N6O+. The van der Waals surface area contributed by atoms with Gasteiger partial charge in [-0.15, -0.1) is 0 Å². The standard InChI is InChI=1S/C25H28N6O/c1-24(2)20(13-32-21-4-3-16(10-26)11-29-21)12-30-23(24)31(15-28)22-18-5-17-6-19(22)9-25(7-17,8-18)14-27/h3-4,11,17-20,22H,5-9,12-13H2,1-2H3/p+1. The molecule has 5 aliphatic rings. The van der Waals surface area contributed by atoms with Crippen molar-refractivity contribution in [3.8, 4) is 24.2 Å². The molecule has 0 spiro atoms. The van der Waals surface area contributed by atoms with E-state index < -0.39 is 0 Å². The topological polar surface area (TPSA) is 109 Å². The zero-order valence-electron chi connectivity index (χ0n) is 18.7. The van der Waals surface area contributed by atoms with Crippen LogP contribution in [0.15, 0.2) is 18.3 Å². The number of nitrogens with one attached hydrogen (secondary N) is 1. The first-order chi connectivity index (χ1) is 15.4. The molecule has 7 nitrogen and oxygen atoms in total. The minimum atomic E-state index is -0.246. The molecule has 0 aromatic carbocycles. The molecular weight excluding hydrogens is 400 g/mol. The number of rotatable bonds is 4. The second kappa shape index (κ2) is 7.49. The van der Waals surface area contributed by atoms with Crippen LogP contribution in [0.3, 0.4) is 0 Å². The number of ether oxygens (including phenoxy) is 1. The quantitative estimate of drug-likeness (QED) is 0.447. The molecule has 3 unspecified atom stereocenters. The van der Waals surface area contributed by atoms with E-state index in [0.717, 1.165) is 44.5 Å². The Morgan fingerprint density at radius 3 is 2.50 bits per heavy atom. The van der Waals surface area contributed by atoms with Crippen LogP contribution in [-0.2, 0) is 0 Å².